The fourth-order valence-electron chi connectivity index (χ4n) is 4.93. The molecule has 2 aromatic heterocycles. The molecule has 1 N–H and O–H groups in total. The van der Waals surface area contributed by atoms with Gasteiger partial charge in [0.05, 0.1) is 23.8 Å². The third-order valence-corrected chi connectivity index (χ3v) is 6.66. The Morgan fingerprint density at radius 3 is 2.39 bits per heavy atom. The third kappa shape index (κ3) is 4.73. The van der Waals surface area contributed by atoms with E-state index in [1.807, 2.05) is 11.1 Å². The molecular weight excluding hydrogens is 420 g/mol. The summed E-state index contributed by atoms with van der Waals surface area (Å²) >= 11 is 0. The highest BCUT2D eigenvalue weighted by Crippen LogP contribution is 2.25. The van der Waals surface area contributed by atoms with E-state index < -0.39 is 5.97 Å². The monoisotopic (exact) mass is 454 g/mol. The Hall–Kier alpha value is -2.94. The third-order valence-electron chi connectivity index (χ3n) is 6.66. The van der Waals surface area contributed by atoms with E-state index in [1.165, 1.54) is 11.9 Å². The number of nitrogens with zero attached hydrogens (tertiary/aromatic N) is 6. The van der Waals surface area contributed by atoms with Gasteiger partial charge in [-0.2, -0.15) is 5.10 Å². The first-order chi connectivity index (χ1) is 15.5. The number of fused-ring (bicyclic) bond motifs is 1. The van der Waals surface area contributed by atoms with E-state index in [9.17, 15) is 9.59 Å². The summed E-state index contributed by atoms with van der Waals surface area (Å²) < 4.78 is 2.09. The lowest BCUT2D eigenvalue weighted by molar-refractivity contribution is -0.134. The van der Waals surface area contributed by atoms with Crippen LogP contribution in [-0.2, 0) is 23.3 Å². The highest BCUT2D eigenvalue weighted by atomic mass is 16.4. The average Bonchev–Trinajstić information content (AvgIpc) is 3.20. The highest BCUT2D eigenvalue weighted by molar-refractivity contribution is 5.87. The zero-order valence-electron chi connectivity index (χ0n) is 20.2. The van der Waals surface area contributed by atoms with E-state index in [2.05, 4.69) is 59.2 Å². The molecule has 0 spiro atoms. The molecule has 1 saturated heterocycles. The van der Waals surface area contributed by atoms with Crippen LogP contribution in [0.1, 0.15) is 56.2 Å². The van der Waals surface area contributed by atoms with E-state index in [-0.39, 0.29) is 29.1 Å². The minimum Gasteiger partial charge on any atom is -0.478 e. The van der Waals surface area contributed by atoms with Crippen molar-refractivity contribution in [3.05, 3.63) is 41.3 Å². The fourth-order valence-corrected chi connectivity index (χ4v) is 4.93. The molecule has 4 rings (SSSR count). The Labute approximate surface area is 195 Å². The van der Waals surface area contributed by atoms with Crippen molar-refractivity contribution in [1.29, 1.82) is 0 Å². The molecule has 9 nitrogen and oxygen atoms in total. The number of piperazine rings is 1. The van der Waals surface area contributed by atoms with E-state index in [0.717, 1.165) is 37.4 Å². The molecule has 1 fully saturated rings. The molecular formula is C24H34N6O3. The SMILES string of the molecule is C[C@@H]1CN(c2ccc(C(=O)O)cn2)C[C@H](C)N1CC(=O)N1CCc2c(cnn2C(C)(C)C)C1. The Kier molecular flexibility index (Phi) is 6.18. The van der Waals surface area contributed by atoms with Gasteiger partial charge in [0, 0.05) is 62.1 Å². The molecule has 2 aliphatic rings. The molecule has 2 atom stereocenters. The number of hydrogen-bond donors (Lipinski definition) is 1. The van der Waals surface area contributed by atoms with Gasteiger partial charge in [0.15, 0.2) is 0 Å². The maximum absolute atomic E-state index is 13.2. The van der Waals surface area contributed by atoms with Crippen molar-refractivity contribution in [2.45, 2.75) is 65.2 Å². The van der Waals surface area contributed by atoms with Crippen molar-refractivity contribution in [3.8, 4) is 0 Å². The molecule has 0 aromatic carbocycles. The van der Waals surface area contributed by atoms with Gasteiger partial charge in [-0.25, -0.2) is 9.78 Å². The van der Waals surface area contributed by atoms with Crippen molar-refractivity contribution in [2.24, 2.45) is 0 Å². The predicted molar refractivity (Wildman–Crippen MR) is 125 cm³/mol. The standard InChI is InChI=1S/C24H34N6O3/c1-16-12-28(21-7-6-18(10-25-21)23(32)33)13-17(2)29(16)15-22(31)27-9-8-20-19(14-27)11-26-30(20)24(3,4)5/h6-7,10-11,16-17H,8-9,12-15H2,1-5H3,(H,32,33)/t16-,17+. The quantitative estimate of drug-likeness (QED) is 0.757. The van der Waals surface area contributed by atoms with Crippen LogP contribution in [0.25, 0.3) is 0 Å². The van der Waals surface area contributed by atoms with E-state index in [0.29, 0.717) is 13.1 Å². The van der Waals surface area contributed by atoms with Gasteiger partial charge in [-0.15, -0.1) is 0 Å². The fraction of sp³-hybridized carbons (Fsp3) is 0.583. The van der Waals surface area contributed by atoms with Gasteiger partial charge in [-0.05, 0) is 46.8 Å². The maximum Gasteiger partial charge on any atom is 0.337 e. The zero-order valence-corrected chi connectivity index (χ0v) is 20.2. The second-order valence-electron chi connectivity index (χ2n) is 10.3. The normalized spacial score (nSPS) is 21.7. The lowest BCUT2D eigenvalue weighted by Crippen LogP contribution is -2.59. The molecule has 178 valence electrons. The van der Waals surface area contributed by atoms with Crippen LogP contribution in [0.5, 0.6) is 0 Å². The van der Waals surface area contributed by atoms with Crippen molar-refractivity contribution in [1.82, 2.24) is 24.6 Å². The number of aromatic nitrogens is 3. The summed E-state index contributed by atoms with van der Waals surface area (Å²) in [4.78, 5) is 35.0. The molecule has 4 heterocycles. The zero-order chi connectivity index (χ0) is 23.9. The van der Waals surface area contributed by atoms with E-state index in [1.54, 1.807) is 12.1 Å². The molecule has 1 amide bonds. The number of hydrogen-bond acceptors (Lipinski definition) is 6. The topological polar surface area (TPSA) is 94.8 Å². The lowest BCUT2D eigenvalue weighted by atomic mass is 10.0. The van der Waals surface area contributed by atoms with Crippen LogP contribution in [-0.4, -0.2) is 79.8 Å². The first-order valence-electron chi connectivity index (χ1n) is 11.6. The summed E-state index contributed by atoms with van der Waals surface area (Å²) in [6.07, 6.45) is 4.14. The molecule has 0 radical (unpaired) electrons. The Morgan fingerprint density at radius 2 is 1.82 bits per heavy atom. The van der Waals surface area contributed by atoms with Crippen LogP contribution in [0.15, 0.2) is 24.5 Å². The Bertz CT molecular complexity index is 1010. The second kappa shape index (κ2) is 8.78. The van der Waals surface area contributed by atoms with Crippen LogP contribution in [0.3, 0.4) is 0 Å². The summed E-state index contributed by atoms with van der Waals surface area (Å²) in [5, 5.41) is 13.7. The molecule has 33 heavy (non-hydrogen) atoms. The van der Waals surface area contributed by atoms with Crippen LogP contribution in [0.4, 0.5) is 5.82 Å². The van der Waals surface area contributed by atoms with Crippen molar-refractivity contribution >= 4 is 17.7 Å². The van der Waals surface area contributed by atoms with E-state index in [4.69, 9.17) is 5.11 Å². The van der Waals surface area contributed by atoms with Gasteiger partial charge in [0.1, 0.15) is 5.82 Å². The summed E-state index contributed by atoms with van der Waals surface area (Å²) in [6, 6.07) is 3.68. The number of rotatable bonds is 4. The van der Waals surface area contributed by atoms with Gasteiger partial charge >= 0.3 is 5.97 Å². The van der Waals surface area contributed by atoms with Crippen LogP contribution < -0.4 is 4.90 Å². The summed E-state index contributed by atoms with van der Waals surface area (Å²) in [6.45, 7) is 13.9. The number of carboxylic acids is 1. The molecule has 2 aliphatic heterocycles. The number of carbonyl (C=O) groups is 2. The van der Waals surface area contributed by atoms with Crippen LogP contribution in [0.2, 0.25) is 0 Å². The number of anilines is 1. The largest absolute Gasteiger partial charge is 0.478 e. The smallest absolute Gasteiger partial charge is 0.337 e. The van der Waals surface area contributed by atoms with Crippen LogP contribution >= 0.6 is 0 Å². The highest BCUT2D eigenvalue weighted by Gasteiger charge is 2.34. The molecule has 9 heteroatoms. The number of amides is 1. The molecule has 0 aliphatic carbocycles. The van der Waals surface area contributed by atoms with Crippen molar-refractivity contribution in [2.75, 3.05) is 31.1 Å². The first-order valence-corrected chi connectivity index (χ1v) is 11.6. The van der Waals surface area contributed by atoms with Crippen LogP contribution in [0, 0.1) is 0 Å². The van der Waals surface area contributed by atoms with Gasteiger partial charge < -0.3 is 14.9 Å². The predicted octanol–water partition coefficient (Wildman–Crippen LogP) is 2.22. The second-order valence-corrected chi connectivity index (χ2v) is 10.3. The molecule has 0 unspecified atom stereocenters. The summed E-state index contributed by atoms with van der Waals surface area (Å²) in [5.74, 6) is -0.0564. The lowest BCUT2D eigenvalue weighted by Gasteiger charge is -2.45. The number of carboxylic acid groups (broad SMARTS) is 1. The number of pyridine rings is 1. The minimum atomic E-state index is -0.977. The molecule has 0 saturated carbocycles. The molecule has 2 aromatic rings. The minimum absolute atomic E-state index is 0.0624. The Balaban J connectivity index is 1.38. The van der Waals surface area contributed by atoms with Crippen molar-refractivity contribution < 1.29 is 14.7 Å². The van der Waals surface area contributed by atoms with Gasteiger partial charge in [-0.3, -0.25) is 14.4 Å². The summed E-state index contributed by atoms with van der Waals surface area (Å²) in [7, 11) is 0. The van der Waals surface area contributed by atoms with Gasteiger partial charge in [0.25, 0.3) is 0 Å². The summed E-state index contributed by atoms with van der Waals surface area (Å²) in [5.41, 5.74) is 2.50. The Morgan fingerprint density at radius 1 is 1.12 bits per heavy atom. The number of aromatic carboxylic acids is 1. The average molecular weight is 455 g/mol. The molecule has 0 bridgehead atoms. The van der Waals surface area contributed by atoms with Gasteiger partial charge in [0.2, 0.25) is 5.91 Å². The van der Waals surface area contributed by atoms with Crippen molar-refractivity contribution in [3.63, 3.8) is 0 Å². The van der Waals surface area contributed by atoms with Gasteiger partial charge in [-0.1, -0.05) is 0 Å². The maximum atomic E-state index is 13.2. The first kappa shape index (κ1) is 23.2. The van der Waals surface area contributed by atoms with E-state index >= 15 is 0 Å². The number of carbonyl (C=O) groups excluding carboxylic acids is 1.